The number of aryl methyl sites for hydroxylation is 1. The van der Waals surface area contributed by atoms with Gasteiger partial charge in [0, 0.05) is 10.7 Å². The number of imide groups is 1. The average molecular weight is 370 g/mol. The van der Waals surface area contributed by atoms with Crippen molar-refractivity contribution in [1.29, 1.82) is 0 Å². The third-order valence-corrected chi connectivity index (χ3v) is 5.10. The van der Waals surface area contributed by atoms with Crippen LogP contribution in [-0.4, -0.2) is 29.3 Å². The molecule has 4 amide bonds. The molecule has 0 unspecified atom stereocenters. The van der Waals surface area contributed by atoms with Crippen LogP contribution in [0.15, 0.2) is 48.5 Å². The number of rotatable bonds is 3. The number of nitrogens with one attached hydrogen (secondary N) is 2. The van der Waals surface area contributed by atoms with Gasteiger partial charge in [-0.2, -0.15) is 0 Å². The van der Waals surface area contributed by atoms with E-state index >= 15 is 0 Å². The lowest BCUT2D eigenvalue weighted by atomic mass is 9.92. The van der Waals surface area contributed by atoms with E-state index in [1.54, 1.807) is 24.3 Å². The number of amides is 4. The van der Waals surface area contributed by atoms with Crippen molar-refractivity contribution in [2.75, 3.05) is 11.9 Å². The quantitative estimate of drug-likeness (QED) is 0.816. The number of hydrogen-bond donors (Lipinski definition) is 2. The molecule has 1 atom stereocenters. The summed E-state index contributed by atoms with van der Waals surface area (Å²) in [6.45, 7) is -0.336. The fraction of sp³-hybridized carbons (Fsp3) is 0.211. The molecule has 4 rings (SSSR count). The van der Waals surface area contributed by atoms with Gasteiger partial charge in [-0.05, 0) is 48.2 Å². The Hall–Kier alpha value is -2.86. The number of urea groups is 1. The van der Waals surface area contributed by atoms with Gasteiger partial charge in [-0.3, -0.25) is 14.5 Å². The summed E-state index contributed by atoms with van der Waals surface area (Å²) < 4.78 is 0. The lowest BCUT2D eigenvalue weighted by molar-refractivity contribution is -0.134. The Bertz CT molecular complexity index is 913. The Balaban J connectivity index is 1.52. The van der Waals surface area contributed by atoms with Crippen molar-refractivity contribution < 1.29 is 14.4 Å². The Morgan fingerprint density at radius 1 is 1.15 bits per heavy atom. The van der Waals surface area contributed by atoms with Crippen molar-refractivity contribution in [3.05, 3.63) is 64.7 Å². The lowest BCUT2D eigenvalue weighted by Crippen LogP contribution is -2.42. The van der Waals surface area contributed by atoms with E-state index < -0.39 is 17.5 Å². The van der Waals surface area contributed by atoms with E-state index in [1.165, 1.54) is 0 Å². The van der Waals surface area contributed by atoms with Crippen LogP contribution in [-0.2, 0) is 21.5 Å². The predicted octanol–water partition coefficient (Wildman–Crippen LogP) is 2.67. The molecule has 6 nitrogen and oxygen atoms in total. The topological polar surface area (TPSA) is 78.5 Å². The number of benzene rings is 2. The zero-order valence-corrected chi connectivity index (χ0v) is 14.5. The van der Waals surface area contributed by atoms with Crippen LogP contribution in [0.5, 0.6) is 0 Å². The minimum atomic E-state index is -1.05. The molecule has 7 heteroatoms. The molecule has 1 aliphatic heterocycles. The summed E-state index contributed by atoms with van der Waals surface area (Å²) in [5.74, 6) is -0.821. The Kier molecular flexibility index (Phi) is 3.92. The minimum Gasteiger partial charge on any atom is -0.325 e. The average Bonchev–Trinajstić information content (AvgIpc) is 3.11. The zero-order chi connectivity index (χ0) is 18.3. The SMILES string of the molecule is O=C(CN1C(=O)N[C@]2(CCc3ccccc32)C1=O)Nc1ccc(Cl)cc1. The molecule has 0 saturated carbocycles. The van der Waals surface area contributed by atoms with Crippen molar-refractivity contribution in [2.24, 2.45) is 0 Å². The van der Waals surface area contributed by atoms with Gasteiger partial charge in [-0.25, -0.2) is 4.79 Å². The molecule has 26 heavy (non-hydrogen) atoms. The largest absolute Gasteiger partial charge is 0.325 e. The molecule has 2 aromatic rings. The molecule has 0 radical (unpaired) electrons. The maximum absolute atomic E-state index is 13.0. The highest BCUT2D eigenvalue weighted by Crippen LogP contribution is 2.41. The first-order valence-electron chi connectivity index (χ1n) is 8.27. The van der Waals surface area contributed by atoms with Gasteiger partial charge in [-0.15, -0.1) is 0 Å². The van der Waals surface area contributed by atoms with E-state index in [-0.39, 0.29) is 12.5 Å². The van der Waals surface area contributed by atoms with Crippen LogP contribution in [0.4, 0.5) is 10.5 Å². The molecule has 132 valence electrons. The van der Waals surface area contributed by atoms with E-state index in [2.05, 4.69) is 10.6 Å². The van der Waals surface area contributed by atoms with Crippen LogP contribution < -0.4 is 10.6 Å². The van der Waals surface area contributed by atoms with Crippen molar-refractivity contribution in [2.45, 2.75) is 18.4 Å². The Labute approximate surface area is 155 Å². The third-order valence-electron chi connectivity index (χ3n) is 4.85. The maximum Gasteiger partial charge on any atom is 0.325 e. The van der Waals surface area contributed by atoms with Crippen LogP contribution in [0.2, 0.25) is 5.02 Å². The molecule has 1 spiro atoms. The van der Waals surface area contributed by atoms with Gasteiger partial charge in [-0.1, -0.05) is 35.9 Å². The van der Waals surface area contributed by atoms with Gasteiger partial charge in [0.05, 0.1) is 0 Å². The van der Waals surface area contributed by atoms with Crippen molar-refractivity contribution in [3.63, 3.8) is 0 Å². The van der Waals surface area contributed by atoms with E-state index in [4.69, 9.17) is 11.6 Å². The number of carbonyl (C=O) groups is 3. The summed E-state index contributed by atoms with van der Waals surface area (Å²) in [5.41, 5.74) is 1.37. The number of fused-ring (bicyclic) bond motifs is 2. The number of anilines is 1. The van der Waals surface area contributed by atoms with Gasteiger partial charge in [0.25, 0.3) is 5.91 Å². The first-order chi connectivity index (χ1) is 12.5. The molecule has 0 bridgehead atoms. The number of hydrogen-bond acceptors (Lipinski definition) is 3. The highest BCUT2D eigenvalue weighted by Gasteiger charge is 2.55. The van der Waals surface area contributed by atoms with Gasteiger partial charge in [0.2, 0.25) is 5.91 Å². The van der Waals surface area contributed by atoms with Crippen LogP contribution in [0.3, 0.4) is 0 Å². The van der Waals surface area contributed by atoms with Gasteiger partial charge in [0.15, 0.2) is 0 Å². The predicted molar refractivity (Wildman–Crippen MR) is 96.8 cm³/mol. The molecule has 1 aliphatic carbocycles. The summed E-state index contributed by atoms with van der Waals surface area (Å²) in [6.07, 6.45) is 1.22. The summed E-state index contributed by atoms with van der Waals surface area (Å²) in [6, 6.07) is 13.6. The van der Waals surface area contributed by atoms with E-state index in [0.29, 0.717) is 23.6 Å². The first-order valence-corrected chi connectivity index (χ1v) is 8.65. The standard InChI is InChI=1S/C19H16ClN3O3/c20-13-5-7-14(8-6-13)21-16(24)11-23-17(25)19(22-18(23)26)10-9-12-3-1-2-4-15(12)19/h1-8H,9-11H2,(H,21,24)(H,22,26)/t19-/m0/s1. The number of nitrogens with zero attached hydrogens (tertiary/aromatic N) is 1. The number of halogens is 1. The van der Waals surface area contributed by atoms with Crippen LogP contribution in [0, 0.1) is 0 Å². The van der Waals surface area contributed by atoms with Gasteiger partial charge >= 0.3 is 6.03 Å². The van der Waals surface area contributed by atoms with Crippen molar-refractivity contribution >= 4 is 35.1 Å². The molecular weight excluding hydrogens is 354 g/mol. The monoisotopic (exact) mass is 369 g/mol. The van der Waals surface area contributed by atoms with Crippen LogP contribution in [0.25, 0.3) is 0 Å². The second kappa shape index (κ2) is 6.14. The van der Waals surface area contributed by atoms with Crippen molar-refractivity contribution in [1.82, 2.24) is 10.2 Å². The van der Waals surface area contributed by atoms with Gasteiger partial charge in [0.1, 0.15) is 12.1 Å². The summed E-state index contributed by atoms with van der Waals surface area (Å²) >= 11 is 5.82. The molecule has 0 aromatic heterocycles. The number of carbonyl (C=O) groups excluding carboxylic acids is 3. The maximum atomic E-state index is 13.0. The zero-order valence-electron chi connectivity index (χ0n) is 13.8. The second-order valence-corrected chi connectivity index (χ2v) is 6.88. The fourth-order valence-electron chi connectivity index (χ4n) is 3.61. The molecule has 2 aliphatic rings. The molecule has 1 fully saturated rings. The second-order valence-electron chi connectivity index (χ2n) is 6.44. The van der Waals surface area contributed by atoms with Gasteiger partial charge < -0.3 is 10.6 Å². The van der Waals surface area contributed by atoms with E-state index in [9.17, 15) is 14.4 Å². The highest BCUT2D eigenvalue weighted by molar-refractivity contribution is 6.30. The molecule has 1 heterocycles. The van der Waals surface area contributed by atoms with Crippen LogP contribution in [0.1, 0.15) is 17.5 Å². The fourth-order valence-corrected chi connectivity index (χ4v) is 3.74. The normalized spacial score (nSPS) is 21.0. The summed E-state index contributed by atoms with van der Waals surface area (Å²) in [5, 5.41) is 6.02. The summed E-state index contributed by atoms with van der Waals surface area (Å²) in [4.78, 5) is 38.6. The molecular formula is C19H16ClN3O3. The first kappa shape index (κ1) is 16.6. The van der Waals surface area contributed by atoms with Crippen LogP contribution >= 0.6 is 11.6 Å². The Morgan fingerprint density at radius 2 is 1.88 bits per heavy atom. The molecule has 1 saturated heterocycles. The molecule has 2 N–H and O–H groups in total. The Morgan fingerprint density at radius 3 is 2.65 bits per heavy atom. The lowest BCUT2D eigenvalue weighted by Gasteiger charge is -2.22. The summed E-state index contributed by atoms with van der Waals surface area (Å²) in [7, 11) is 0. The van der Waals surface area contributed by atoms with Crippen molar-refractivity contribution in [3.8, 4) is 0 Å². The molecule has 2 aromatic carbocycles. The highest BCUT2D eigenvalue weighted by atomic mass is 35.5. The third kappa shape index (κ3) is 2.63. The van der Waals surface area contributed by atoms with E-state index in [0.717, 1.165) is 16.0 Å². The minimum absolute atomic E-state index is 0.336. The smallest absolute Gasteiger partial charge is 0.325 e. The van der Waals surface area contributed by atoms with E-state index in [1.807, 2.05) is 24.3 Å².